The number of hydrogen-bond acceptors (Lipinski definition) is 3. The molecular formula is C20H28IN5O. The third-order valence-electron chi connectivity index (χ3n) is 4.65. The Morgan fingerprint density at radius 3 is 2.52 bits per heavy atom. The van der Waals surface area contributed by atoms with Crippen molar-refractivity contribution in [3.8, 4) is 0 Å². The zero-order valence-corrected chi connectivity index (χ0v) is 18.3. The molecule has 0 atom stereocenters. The molecule has 6 nitrogen and oxygen atoms in total. The maximum atomic E-state index is 11.5. The van der Waals surface area contributed by atoms with Crippen LogP contribution in [0.2, 0.25) is 0 Å². The van der Waals surface area contributed by atoms with E-state index in [0.717, 1.165) is 61.7 Å². The van der Waals surface area contributed by atoms with Crippen LogP contribution in [0.5, 0.6) is 0 Å². The van der Waals surface area contributed by atoms with E-state index in [2.05, 4.69) is 35.3 Å². The Labute approximate surface area is 178 Å². The lowest BCUT2D eigenvalue weighted by molar-refractivity contribution is -0.130. The van der Waals surface area contributed by atoms with Gasteiger partial charge in [-0.1, -0.05) is 24.3 Å². The summed E-state index contributed by atoms with van der Waals surface area (Å²) in [7, 11) is 0. The predicted octanol–water partition coefficient (Wildman–Crippen LogP) is 2.52. The van der Waals surface area contributed by atoms with Crippen molar-refractivity contribution in [3.63, 3.8) is 0 Å². The zero-order valence-electron chi connectivity index (χ0n) is 16.0. The van der Waals surface area contributed by atoms with Gasteiger partial charge in [0.05, 0.1) is 5.52 Å². The molecule has 146 valence electrons. The van der Waals surface area contributed by atoms with E-state index < -0.39 is 0 Å². The Balaban J connectivity index is 0.00000261. The average molecular weight is 481 g/mol. The number of nitrogens with one attached hydrogen (secondary N) is 1. The van der Waals surface area contributed by atoms with Crippen molar-refractivity contribution in [3.05, 3.63) is 42.1 Å². The number of amides is 1. The lowest BCUT2D eigenvalue weighted by Crippen LogP contribution is -2.53. The second-order valence-corrected chi connectivity index (χ2v) is 6.47. The van der Waals surface area contributed by atoms with E-state index in [4.69, 9.17) is 9.98 Å². The van der Waals surface area contributed by atoms with E-state index in [1.165, 1.54) is 0 Å². The molecule has 2 aromatic rings. The molecule has 27 heavy (non-hydrogen) atoms. The highest BCUT2D eigenvalue weighted by molar-refractivity contribution is 14.0. The fourth-order valence-electron chi connectivity index (χ4n) is 3.18. The number of pyridine rings is 1. The van der Waals surface area contributed by atoms with E-state index in [9.17, 15) is 4.79 Å². The maximum Gasteiger partial charge on any atom is 0.219 e. The van der Waals surface area contributed by atoms with Gasteiger partial charge in [-0.2, -0.15) is 0 Å². The number of guanidine groups is 1. The molecule has 1 aromatic carbocycles. The van der Waals surface area contributed by atoms with Crippen molar-refractivity contribution in [2.45, 2.75) is 20.3 Å². The zero-order chi connectivity index (χ0) is 18.4. The Morgan fingerprint density at radius 2 is 1.81 bits per heavy atom. The SMILES string of the molecule is CCNC(=NCCc1ccc2ccccc2n1)N1CCN(C(C)=O)CC1.I. The second kappa shape index (κ2) is 10.4. The number of carbonyl (C=O) groups is 1. The van der Waals surface area contributed by atoms with E-state index >= 15 is 0 Å². The third-order valence-corrected chi connectivity index (χ3v) is 4.65. The fraction of sp³-hybridized carbons (Fsp3) is 0.450. The number of fused-ring (bicyclic) bond motifs is 1. The summed E-state index contributed by atoms with van der Waals surface area (Å²) in [6.07, 6.45) is 0.813. The number of nitrogens with zero attached hydrogens (tertiary/aromatic N) is 4. The standard InChI is InChI=1S/C20H27N5O.HI/c1-3-21-20(25-14-12-24(13-15-25)16(2)26)22-11-10-18-9-8-17-6-4-5-7-19(17)23-18;/h4-9H,3,10-15H2,1-2H3,(H,21,22);1H. The molecule has 0 aliphatic carbocycles. The Morgan fingerprint density at radius 1 is 1.11 bits per heavy atom. The van der Waals surface area contributed by atoms with Crippen LogP contribution in [0.3, 0.4) is 0 Å². The Hall–Kier alpha value is -1.90. The van der Waals surface area contributed by atoms with E-state index in [-0.39, 0.29) is 29.9 Å². The van der Waals surface area contributed by atoms with Gasteiger partial charge in [-0.3, -0.25) is 14.8 Å². The van der Waals surface area contributed by atoms with Gasteiger partial charge in [0.25, 0.3) is 0 Å². The molecule has 1 N–H and O–H groups in total. The summed E-state index contributed by atoms with van der Waals surface area (Å²) in [5.74, 6) is 1.07. The number of piperazine rings is 1. The van der Waals surface area contributed by atoms with Crippen LogP contribution in [-0.4, -0.2) is 65.9 Å². The van der Waals surface area contributed by atoms with Crippen LogP contribution in [0.15, 0.2) is 41.4 Å². The van der Waals surface area contributed by atoms with Gasteiger partial charge in [0.1, 0.15) is 0 Å². The first kappa shape index (κ1) is 21.4. The quantitative estimate of drug-likeness (QED) is 0.415. The van der Waals surface area contributed by atoms with Crippen LogP contribution in [0.25, 0.3) is 10.9 Å². The number of aromatic nitrogens is 1. The molecular weight excluding hydrogens is 453 g/mol. The third kappa shape index (κ3) is 5.79. The van der Waals surface area contributed by atoms with Crippen LogP contribution in [0, 0.1) is 0 Å². The number of para-hydroxylation sites is 1. The molecule has 1 aliphatic heterocycles. The largest absolute Gasteiger partial charge is 0.357 e. The summed E-state index contributed by atoms with van der Waals surface area (Å²) >= 11 is 0. The monoisotopic (exact) mass is 481 g/mol. The molecule has 7 heteroatoms. The van der Waals surface area contributed by atoms with Crippen LogP contribution in [-0.2, 0) is 11.2 Å². The second-order valence-electron chi connectivity index (χ2n) is 6.47. The van der Waals surface area contributed by atoms with Crippen LogP contribution >= 0.6 is 24.0 Å². The first-order valence-electron chi connectivity index (χ1n) is 9.31. The predicted molar refractivity (Wildman–Crippen MR) is 121 cm³/mol. The average Bonchev–Trinajstić information content (AvgIpc) is 2.67. The highest BCUT2D eigenvalue weighted by atomic mass is 127. The summed E-state index contributed by atoms with van der Waals surface area (Å²) in [5, 5.41) is 4.53. The molecule has 2 heterocycles. The first-order chi connectivity index (χ1) is 12.7. The van der Waals surface area contributed by atoms with E-state index in [1.54, 1.807) is 6.92 Å². The normalized spacial score (nSPS) is 14.8. The van der Waals surface area contributed by atoms with Gasteiger partial charge in [-0.25, -0.2) is 0 Å². The van der Waals surface area contributed by atoms with Crippen molar-refractivity contribution in [1.82, 2.24) is 20.1 Å². The summed E-state index contributed by atoms with van der Waals surface area (Å²) in [5.41, 5.74) is 2.09. The molecule has 0 saturated carbocycles. The number of halogens is 1. The summed E-state index contributed by atoms with van der Waals surface area (Å²) in [4.78, 5) is 25.1. The topological polar surface area (TPSA) is 60.8 Å². The molecule has 0 radical (unpaired) electrons. The highest BCUT2D eigenvalue weighted by Gasteiger charge is 2.20. The van der Waals surface area contributed by atoms with Gasteiger partial charge in [0.2, 0.25) is 5.91 Å². The van der Waals surface area contributed by atoms with Crippen LogP contribution < -0.4 is 5.32 Å². The fourth-order valence-corrected chi connectivity index (χ4v) is 3.18. The lowest BCUT2D eigenvalue weighted by Gasteiger charge is -2.36. The summed E-state index contributed by atoms with van der Waals surface area (Å²) in [6, 6.07) is 12.4. The summed E-state index contributed by atoms with van der Waals surface area (Å²) < 4.78 is 0. The number of carbonyl (C=O) groups excluding carboxylic acids is 1. The van der Waals surface area contributed by atoms with Crippen LogP contribution in [0.4, 0.5) is 0 Å². The van der Waals surface area contributed by atoms with Gasteiger partial charge in [-0.05, 0) is 19.1 Å². The lowest BCUT2D eigenvalue weighted by atomic mass is 10.2. The molecule has 1 aliphatic rings. The molecule has 1 fully saturated rings. The van der Waals surface area contributed by atoms with Gasteiger partial charge in [0.15, 0.2) is 5.96 Å². The number of hydrogen-bond donors (Lipinski definition) is 1. The maximum absolute atomic E-state index is 11.5. The molecule has 1 aromatic heterocycles. The van der Waals surface area contributed by atoms with Crippen molar-refractivity contribution >= 4 is 46.7 Å². The molecule has 1 saturated heterocycles. The molecule has 0 bridgehead atoms. The number of benzene rings is 1. The molecule has 1 amide bonds. The molecule has 0 spiro atoms. The highest BCUT2D eigenvalue weighted by Crippen LogP contribution is 2.12. The minimum absolute atomic E-state index is 0. The van der Waals surface area contributed by atoms with Crippen LogP contribution in [0.1, 0.15) is 19.5 Å². The van der Waals surface area contributed by atoms with Gasteiger partial charge >= 0.3 is 0 Å². The molecule has 0 unspecified atom stereocenters. The minimum atomic E-state index is 0. The van der Waals surface area contributed by atoms with E-state index in [0.29, 0.717) is 6.54 Å². The smallest absolute Gasteiger partial charge is 0.219 e. The van der Waals surface area contributed by atoms with Gasteiger partial charge < -0.3 is 15.1 Å². The Bertz CT molecular complexity index is 787. The van der Waals surface area contributed by atoms with Crippen molar-refractivity contribution in [2.24, 2.45) is 4.99 Å². The first-order valence-corrected chi connectivity index (χ1v) is 9.31. The molecule has 3 rings (SSSR count). The number of rotatable bonds is 4. The van der Waals surface area contributed by atoms with Gasteiger partial charge in [0, 0.05) is 63.7 Å². The van der Waals surface area contributed by atoms with Gasteiger partial charge in [-0.15, -0.1) is 24.0 Å². The Kier molecular flexibility index (Phi) is 8.27. The van der Waals surface area contributed by atoms with Crippen molar-refractivity contribution < 1.29 is 4.79 Å². The van der Waals surface area contributed by atoms with Crippen molar-refractivity contribution in [1.29, 1.82) is 0 Å². The summed E-state index contributed by atoms with van der Waals surface area (Å²) in [6.45, 7) is 8.38. The van der Waals surface area contributed by atoms with Crippen molar-refractivity contribution in [2.75, 3.05) is 39.3 Å². The number of aliphatic imine (C=N–C) groups is 1. The van der Waals surface area contributed by atoms with E-state index in [1.807, 2.05) is 23.1 Å². The minimum Gasteiger partial charge on any atom is -0.357 e.